The number of carbonyl (C=O) groups is 6. The van der Waals surface area contributed by atoms with Crippen LogP contribution in [0.4, 0.5) is 0 Å². The number of aliphatic hydroxyl groups excluding tert-OH is 1. The van der Waals surface area contributed by atoms with Crippen molar-refractivity contribution in [1.29, 1.82) is 0 Å². The maximum absolute atomic E-state index is 12.1. The van der Waals surface area contributed by atoms with E-state index in [-0.39, 0.29) is 56.5 Å². The average molecular weight is 507 g/mol. The monoisotopic (exact) mass is 506 g/mol. The number of thioether (sulfide) groups is 1. The number of aliphatic carboxylic acids is 1. The number of aliphatic hydroxyl groups is 1. The zero-order valence-electron chi connectivity index (χ0n) is 19.5. The average Bonchev–Trinajstić information content (AvgIpc) is 2.76. The Kier molecular flexibility index (Phi) is 14.7. The lowest BCUT2D eigenvalue weighted by atomic mass is 9.87. The fourth-order valence-corrected chi connectivity index (χ4v) is 2.95. The third kappa shape index (κ3) is 14.4. The molecule has 7 N–H and O–H groups in total. The van der Waals surface area contributed by atoms with Gasteiger partial charge in [-0.1, -0.05) is 25.6 Å². The van der Waals surface area contributed by atoms with Gasteiger partial charge in [0.25, 0.3) is 0 Å². The predicted molar refractivity (Wildman–Crippen MR) is 122 cm³/mol. The van der Waals surface area contributed by atoms with E-state index < -0.39 is 41.3 Å². The molecule has 34 heavy (non-hydrogen) atoms. The number of hydrogen-bond donors (Lipinski definition) is 6. The third-order valence-corrected chi connectivity index (χ3v) is 5.32. The van der Waals surface area contributed by atoms with Gasteiger partial charge in [-0.15, -0.1) is 0 Å². The second-order valence-corrected chi connectivity index (χ2v) is 9.21. The second-order valence-electron chi connectivity index (χ2n) is 8.06. The molecule has 0 saturated carbocycles. The molecule has 0 rings (SSSR count). The van der Waals surface area contributed by atoms with Crippen LogP contribution in [0.15, 0.2) is 0 Å². The van der Waals surface area contributed by atoms with E-state index in [2.05, 4.69) is 16.0 Å². The minimum absolute atomic E-state index is 0.0191. The first-order valence-electron chi connectivity index (χ1n) is 10.5. The number of esters is 1. The Labute approximate surface area is 201 Å². The highest BCUT2D eigenvalue weighted by Crippen LogP contribution is 2.21. The maximum atomic E-state index is 12.1. The van der Waals surface area contributed by atoms with Gasteiger partial charge in [-0.2, -0.15) is 0 Å². The third-order valence-electron chi connectivity index (χ3n) is 4.39. The van der Waals surface area contributed by atoms with Crippen molar-refractivity contribution in [3.8, 4) is 0 Å². The van der Waals surface area contributed by atoms with Crippen molar-refractivity contribution in [2.45, 2.75) is 52.2 Å². The van der Waals surface area contributed by atoms with Crippen LogP contribution in [0.25, 0.3) is 0 Å². The van der Waals surface area contributed by atoms with Gasteiger partial charge in [0.2, 0.25) is 17.7 Å². The lowest BCUT2D eigenvalue weighted by Crippen LogP contribution is -2.47. The van der Waals surface area contributed by atoms with Gasteiger partial charge in [0.15, 0.2) is 5.12 Å². The van der Waals surface area contributed by atoms with Gasteiger partial charge in [0.05, 0.1) is 6.61 Å². The smallest absolute Gasteiger partial charge is 0.325 e. The van der Waals surface area contributed by atoms with Crippen LogP contribution in [0, 0.1) is 5.41 Å². The number of amides is 3. The molecule has 0 spiro atoms. The van der Waals surface area contributed by atoms with Crippen LogP contribution in [0.1, 0.15) is 40.0 Å². The van der Waals surface area contributed by atoms with Crippen LogP contribution in [0.2, 0.25) is 0 Å². The SMILES string of the molecule is CC(=O)NCC(=O)OCC(C)(C)[C@@H](O)C(=O)NCCC(=O)NCCSC(=O)CC[C@H](N)C(=O)O. The van der Waals surface area contributed by atoms with Gasteiger partial charge in [-0.3, -0.25) is 28.8 Å². The van der Waals surface area contributed by atoms with Crippen LogP contribution in [0.5, 0.6) is 0 Å². The first kappa shape index (κ1) is 31.3. The fraction of sp³-hybridized carbons (Fsp3) is 0.700. The van der Waals surface area contributed by atoms with Crippen molar-refractivity contribution in [3.63, 3.8) is 0 Å². The highest BCUT2D eigenvalue weighted by molar-refractivity contribution is 8.13. The molecule has 0 radical (unpaired) electrons. The highest BCUT2D eigenvalue weighted by atomic mass is 32.2. The summed E-state index contributed by atoms with van der Waals surface area (Å²) in [5, 5.41) is 25.9. The molecule has 14 heteroatoms. The molecule has 0 aliphatic carbocycles. The van der Waals surface area contributed by atoms with Crippen molar-refractivity contribution >= 4 is 46.5 Å². The largest absolute Gasteiger partial charge is 0.480 e. The minimum Gasteiger partial charge on any atom is -0.480 e. The Morgan fingerprint density at radius 1 is 1.03 bits per heavy atom. The van der Waals surface area contributed by atoms with E-state index in [9.17, 15) is 33.9 Å². The molecule has 0 aliphatic rings. The Balaban J connectivity index is 4.10. The van der Waals surface area contributed by atoms with Gasteiger partial charge in [0, 0.05) is 44.0 Å². The number of ether oxygens (including phenoxy) is 1. The van der Waals surface area contributed by atoms with Crippen LogP contribution < -0.4 is 21.7 Å². The van der Waals surface area contributed by atoms with Crippen molar-refractivity contribution in [3.05, 3.63) is 0 Å². The van der Waals surface area contributed by atoms with E-state index in [1.165, 1.54) is 20.8 Å². The summed E-state index contributed by atoms with van der Waals surface area (Å²) in [6.45, 7) is 3.85. The molecule has 194 valence electrons. The van der Waals surface area contributed by atoms with E-state index in [1.54, 1.807) is 0 Å². The van der Waals surface area contributed by atoms with Gasteiger partial charge in [0.1, 0.15) is 18.7 Å². The maximum Gasteiger partial charge on any atom is 0.325 e. The highest BCUT2D eigenvalue weighted by Gasteiger charge is 2.35. The normalized spacial score (nSPS) is 12.7. The standard InChI is InChI=1S/C20H34N4O9S/c1-12(25)24-10-15(27)33-11-20(2,3)17(29)18(30)23-7-6-14(26)22-8-9-34-16(28)5-4-13(21)19(31)32/h13,17,29H,4-11,21H2,1-3H3,(H,22,26)(H,23,30)(H,24,25)(H,31,32)/t13-,17-/m0/s1. The van der Waals surface area contributed by atoms with Crippen molar-refractivity contribution < 1.29 is 43.7 Å². The molecule has 0 heterocycles. The summed E-state index contributed by atoms with van der Waals surface area (Å²) < 4.78 is 4.96. The number of carboxylic acid groups (broad SMARTS) is 1. The molecule has 0 aliphatic heterocycles. The van der Waals surface area contributed by atoms with Gasteiger partial charge in [-0.05, 0) is 6.42 Å². The zero-order chi connectivity index (χ0) is 26.3. The zero-order valence-corrected chi connectivity index (χ0v) is 20.4. The predicted octanol–water partition coefficient (Wildman–Crippen LogP) is -1.87. The molecular weight excluding hydrogens is 472 g/mol. The van der Waals surface area contributed by atoms with Gasteiger partial charge in [-0.25, -0.2) is 0 Å². The number of nitrogens with two attached hydrogens (primary N) is 1. The molecule has 0 saturated heterocycles. The molecule has 2 atom stereocenters. The van der Waals surface area contributed by atoms with Crippen molar-refractivity contribution in [2.75, 3.05) is 32.0 Å². The van der Waals surface area contributed by atoms with Crippen molar-refractivity contribution in [2.24, 2.45) is 11.1 Å². The molecule has 0 fully saturated rings. The summed E-state index contributed by atoms with van der Waals surface area (Å²) >= 11 is 0.957. The molecule has 0 bridgehead atoms. The molecule has 0 aromatic carbocycles. The quantitative estimate of drug-likeness (QED) is 0.101. The topological polar surface area (TPSA) is 214 Å². The second kappa shape index (κ2) is 16.0. The molecular formula is C20H34N4O9S. The summed E-state index contributed by atoms with van der Waals surface area (Å²) in [6.07, 6.45) is -1.52. The Morgan fingerprint density at radius 2 is 1.68 bits per heavy atom. The lowest BCUT2D eigenvalue weighted by Gasteiger charge is -2.29. The molecule has 0 aromatic rings. The Hall–Kier alpha value is -2.71. The summed E-state index contributed by atoms with van der Waals surface area (Å²) in [4.78, 5) is 68.5. The van der Waals surface area contributed by atoms with E-state index in [0.717, 1.165) is 11.8 Å². The number of hydrogen-bond acceptors (Lipinski definition) is 10. The summed E-state index contributed by atoms with van der Waals surface area (Å²) in [5.41, 5.74) is 4.21. The molecule has 0 unspecified atom stereocenters. The van der Waals surface area contributed by atoms with Crippen molar-refractivity contribution in [1.82, 2.24) is 16.0 Å². The number of carboxylic acids is 1. The van der Waals surface area contributed by atoms with Gasteiger partial charge >= 0.3 is 11.9 Å². The number of carbonyl (C=O) groups excluding carboxylic acids is 5. The van der Waals surface area contributed by atoms with Crippen LogP contribution in [-0.2, 0) is 33.5 Å². The van der Waals surface area contributed by atoms with E-state index in [1.807, 2.05) is 0 Å². The Bertz CT molecular complexity index is 746. The molecule has 13 nitrogen and oxygen atoms in total. The van der Waals surface area contributed by atoms with Crippen LogP contribution in [0.3, 0.4) is 0 Å². The summed E-state index contributed by atoms with van der Waals surface area (Å²) in [6, 6.07) is -1.09. The first-order valence-corrected chi connectivity index (χ1v) is 11.5. The van der Waals surface area contributed by atoms with E-state index >= 15 is 0 Å². The number of nitrogens with one attached hydrogen (secondary N) is 3. The lowest BCUT2D eigenvalue weighted by molar-refractivity contribution is -0.153. The Morgan fingerprint density at radius 3 is 2.26 bits per heavy atom. The minimum atomic E-state index is -1.51. The van der Waals surface area contributed by atoms with E-state index in [0.29, 0.717) is 5.75 Å². The summed E-state index contributed by atoms with van der Waals surface area (Å²) in [5.74, 6) is -3.10. The molecule has 0 aromatic heterocycles. The molecule has 3 amide bonds. The first-order chi connectivity index (χ1) is 15.8. The van der Waals surface area contributed by atoms with E-state index in [4.69, 9.17) is 15.6 Å². The number of rotatable bonds is 16. The van der Waals surface area contributed by atoms with Crippen LogP contribution >= 0.6 is 11.8 Å². The fourth-order valence-electron chi connectivity index (χ4n) is 2.26. The summed E-state index contributed by atoms with van der Waals surface area (Å²) in [7, 11) is 0. The van der Waals surface area contributed by atoms with Gasteiger partial charge < -0.3 is 36.6 Å². The van der Waals surface area contributed by atoms with Crippen LogP contribution in [-0.4, -0.2) is 89.1 Å².